The summed E-state index contributed by atoms with van der Waals surface area (Å²) in [4.78, 5) is 24.0. The highest BCUT2D eigenvalue weighted by molar-refractivity contribution is 6.02. The number of nitrogens with zero attached hydrogens (tertiary/aromatic N) is 1. The standard InChI is InChI=1S/C21H21NO4/c1-21(2,3)26-20(24)22-12-11-16-17(13-23)19(10-9-18(16)22)25-14-15-7-5-4-6-8-15/h4-13H,14H2,1-3H3. The van der Waals surface area contributed by atoms with E-state index >= 15 is 0 Å². The van der Waals surface area contributed by atoms with Crippen LogP contribution in [-0.4, -0.2) is 22.5 Å². The van der Waals surface area contributed by atoms with Crippen LogP contribution in [0.2, 0.25) is 0 Å². The minimum Gasteiger partial charge on any atom is -0.488 e. The fourth-order valence-corrected chi connectivity index (χ4v) is 2.67. The summed E-state index contributed by atoms with van der Waals surface area (Å²) < 4.78 is 12.6. The van der Waals surface area contributed by atoms with Crippen molar-refractivity contribution in [1.82, 2.24) is 4.57 Å². The van der Waals surface area contributed by atoms with E-state index < -0.39 is 11.7 Å². The molecule has 2 aromatic carbocycles. The average Bonchev–Trinajstić information content (AvgIpc) is 3.03. The Morgan fingerprint density at radius 1 is 1.08 bits per heavy atom. The Hall–Kier alpha value is -3.08. The van der Waals surface area contributed by atoms with Gasteiger partial charge in [-0.15, -0.1) is 0 Å². The summed E-state index contributed by atoms with van der Waals surface area (Å²) in [6.07, 6.45) is 1.87. The molecule has 0 saturated carbocycles. The number of hydrogen-bond acceptors (Lipinski definition) is 4. The van der Waals surface area contributed by atoms with Crippen LogP contribution < -0.4 is 4.74 Å². The minimum absolute atomic E-state index is 0.361. The summed E-state index contributed by atoms with van der Waals surface area (Å²) in [6, 6.07) is 14.9. The van der Waals surface area contributed by atoms with Gasteiger partial charge in [0.05, 0.1) is 11.1 Å². The number of aromatic nitrogens is 1. The summed E-state index contributed by atoms with van der Waals surface area (Å²) in [7, 11) is 0. The zero-order valence-corrected chi connectivity index (χ0v) is 15.1. The third-order valence-corrected chi connectivity index (χ3v) is 3.82. The van der Waals surface area contributed by atoms with Crippen LogP contribution >= 0.6 is 0 Å². The molecule has 0 amide bonds. The van der Waals surface area contributed by atoms with Crippen LogP contribution in [0, 0.1) is 0 Å². The van der Waals surface area contributed by atoms with Crippen LogP contribution in [0.25, 0.3) is 10.9 Å². The van der Waals surface area contributed by atoms with Crippen LogP contribution in [0.1, 0.15) is 36.7 Å². The van der Waals surface area contributed by atoms with Crippen molar-refractivity contribution in [3.8, 4) is 5.75 Å². The first-order chi connectivity index (χ1) is 12.4. The summed E-state index contributed by atoms with van der Waals surface area (Å²) in [6.45, 7) is 5.79. The molecule has 0 unspecified atom stereocenters. The molecule has 0 spiro atoms. The molecule has 134 valence electrons. The van der Waals surface area contributed by atoms with Crippen LogP contribution in [0.4, 0.5) is 4.79 Å². The van der Waals surface area contributed by atoms with E-state index in [9.17, 15) is 9.59 Å². The topological polar surface area (TPSA) is 57.5 Å². The molecule has 0 saturated heterocycles. The summed E-state index contributed by atoms with van der Waals surface area (Å²) in [5.74, 6) is 0.485. The lowest BCUT2D eigenvalue weighted by Gasteiger charge is -2.19. The Bertz CT molecular complexity index is 936. The molecule has 26 heavy (non-hydrogen) atoms. The maximum atomic E-state index is 12.4. The van der Waals surface area contributed by atoms with Gasteiger partial charge in [0.1, 0.15) is 18.0 Å². The largest absolute Gasteiger partial charge is 0.488 e. The molecular formula is C21H21NO4. The summed E-state index contributed by atoms with van der Waals surface area (Å²) in [5.41, 5.74) is 1.44. The number of hydrogen-bond donors (Lipinski definition) is 0. The number of aldehydes is 1. The molecule has 1 aromatic heterocycles. The molecule has 0 N–H and O–H groups in total. The highest BCUT2D eigenvalue weighted by Crippen LogP contribution is 2.29. The Morgan fingerprint density at radius 2 is 1.81 bits per heavy atom. The molecule has 0 aliphatic carbocycles. The molecule has 0 aliphatic heterocycles. The molecule has 0 radical (unpaired) electrons. The Kier molecular flexibility index (Phi) is 4.80. The number of benzene rings is 2. The van der Waals surface area contributed by atoms with Gasteiger partial charge in [0.15, 0.2) is 6.29 Å². The normalized spacial score (nSPS) is 11.3. The van der Waals surface area contributed by atoms with Crippen molar-refractivity contribution in [2.45, 2.75) is 33.0 Å². The van der Waals surface area contributed by atoms with E-state index in [-0.39, 0.29) is 0 Å². The smallest absolute Gasteiger partial charge is 0.418 e. The van der Waals surface area contributed by atoms with Crippen LogP contribution in [0.3, 0.4) is 0 Å². The Labute approximate surface area is 152 Å². The van der Waals surface area contributed by atoms with Crippen molar-refractivity contribution in [1.29, 1.82) is 0 Å². The molecule has 0 bridgehead atoms. The number of carbonyl (C=O) groups excluding carboxylic acids is 2. The van der Waals surface area contributed by atoms with Gasteiger partial charge < -0.3 is 9.47 Å². The van der Waals surface area contributed by atoms with Crippen LogP contribution in [-0.2, 0) is 11.3 Å². The average molecular weight is 351 g/mol. The molecule has 1 heterocycles. The lowest BCUT2D eigenvalue weighted by atomic mass is 10.1. The molecule has 5 heteroatoms. The van der Waals surface area contributed by atoms with Crippen molar-refractivity contribution >= 4 is 23.3 Å². The fraction of sp³-hybridized carbons (Fsp3) is 0.238. The molecule has 5 nitrogen and oxygen atoms in total. The van der Waals surface area contributed by atoms with E-state index in [1.54, 1.807) is 24.4 Å². The monoisotopic (exact) mass is 351 g/mol. The van der Waals surface area contributed by atoms with E-state index in [0.717, 1.165) is 11.8 Å². The Morgan fingerprint density at radius 3 is 2.46 bits per heavy atom. The van der Waals surface area contributed by atoms with Gasteiger partial charge in [-0.3, -0.25) is 9.36 Å². The highest BCUT2D eigenvalue weighted by atomic mass is 16.6. The quantitative estimate of drug-likeness (QED) is 0.633. The predicted molar refractivity (Wildman–Crippen MR) is 99.7 cm³/mol. The number of fused-ring (bicyclic) bond motifs is 1. The van der Waals surface area contributed by atoms with Crippen molar-refractivity contribution in [3.05, 3.63) is 65.9 Å². The zero-order chi connectivity index (χ0) is 18.7. The second-order valence-corrected chi connectivity index (χ2v) is 6.97. The molecule has 0 atom stereocenters. The molecule has 3 aromatic rings. The van der Waals surface area contributed by atoms with Crippen molar-refractivity contribution in [2.75, 3.05) is 0 Å². The number of rotatable bonds is 4. The Balaban J connectivity index is 1.91. The third kappa shape index (κ3) is 3.77. The van der Waals surface area contributed by atoms with Gasteiger partial charge in [0.2, 0.25) is 0 Å². The first-order valence-electron chi connectivity index (χ1n) is 8.38. The van der Waals surface area contributed by atoms with E-state index in [1.807, 2.05) is 51.1 Å². The second kappa shape index (κ2) is 7.04. The second-order valence-electron chi connectivity index (χ2n) is 6.97. The van der Waals surface area contributed by atoms with Gasteiger partial charge in [-0.1, -0.05) is 30.3 Å². The van der Waals surface area contributed by atoms with Crippen LogP contribution in [0.15, 0.2) is 54.7 Å². The number of carbonyl (C=O) groups is 2. The summed E-state index contributed by atoms with van der Waals surface area (Å²) >= 11 is 0. The van der Waals surface area contributed by atoms with Crippen molar-refractivity contribution < 1.29 is 19.1 Å². The zero-order valence-electron chi connectivity index (χ0n) is 15.1. The lowest BCUT2D eigenvalue weighted by Crippen LogP contribution is -2.26. The SMILES string of the molecule is CC(C)(C)OC(=O)n1ccc2c(C=O)c(OCc3ccccc3)ccc21. The predicted octanol–water partition coefficient (Wildman–Crippen LogP) is 4.82. The van der Waals surface area contributed by atoms with Gasteiger partial charge in [-0.05, 0) is 44.5 Å². The van der Waals surface area contributed by atoms with E-state index in [4.69, 9.17) is 9.47 Å². The third-order valence-electron chi connectivity index (χ3n) is 3.82. The highest BCUT2D eigenvalue weighted by Gasteiger charge is 2.20. The van der Waals surface area contributed by atoms with Gasteiger partial charge in [-0.2, -0.15) is 0 Å². The van der Waals surface area contributed by atoms with E-state index in [0.29, 0.717) is 28.8 Å². The molecule has 3 rings (SSSR count). The first kappa shape index (κ1) is 17.7. The van der Waals surface area contributed by atoms with Crippen molar-refractivity contribution in [2.24, 2.45) is 0 Å². The fourth-order valence-electron chi connectivity index (χ4n) is 2.67. The van der Waals surface area contributed by atoms with Crippen molar-refractivity contribution in [3.63, 3.8) is 0 Å². The molecule has 0 aliphatic rings. The number of ether oxygens (including phenoxy) is 2. The minimum atomic E-state index is -0.597. The summed E-state index contributed by atoms with van der Waals surface area (Å²) in [5, 5.41) is 0.649. The van der Waals surface area contributed by atoms with E-state index in [2.05, 4.69) is 0 Å². The van der Waals surface area contributed by atoms with Gasteiger partial charge >= 0.3 is 6.09 Å². The lowest BCUT2D eigenvalue weighted by molar-refractivity contribution is 0.0544. The van der Waals surface area contributed by atoms with E-state index in [1.165, 1.54) is 4.57 Å². The molecule has 0 fully saturated rings. The van der Waals surface area contributed by atoms with Gasteiger partial charge in [0, 0.05) is 11.6 Å². The maximum Gasteiger partial charge on any atom is 0.418 e. The first-order valence-corrected chi connectivity index (χ1v) is 8.38. The van der Waals surface area contributed by atoms with Crippen LogP contribution in [0.5, 0.6) is 5.75 Å². The molecular weight excluding hydrogens is 330 g/mol. The van der Waals surface area contributed by atoms with Gasteiger partial charge in [0.25, 0.3) is 0 Å². The maximum absolute atomic E-state index is 12.4. The van der Waals surface area contributed by atoms with Gasteiger partial charge in [-0.25, -0.2) is 4.79 Å².